The molecule has 3 aromatic rings. The summed E-state index contributed by atoms with van der Waals surface area (Å²) in [5, 5.41) is 17.6. The normalized spacial score (nSPS) is 13.6. The number of aromatic nitrogens is 4. The molecule has 0 aliphatic heterocycles. The largest absolute Gasteiger partial charge is 0.480 e. The number of hydrogen-bond acceptors (Lipinski definition) is 8. The molecule has 2 heterocycles. The lowest BCUT2D eigenvalue weighted by Gasteiger charge is -2.25. The van der Waals surface area contributed by atoms with Gasteiger partial charge in [-0.3, -0.25) is 19.4 Å². The van der Waals surface area contributed by atoms with Gasteiger partial charge in [-0.25, -0.2) is 14.8 Å². The van der Waals surface area contributed by atoms with E-state index in [4.69, 9.17) is 17.2 Å². The summed E-state index contributed by atoms with van der Waals surface area (Å²) in [6.07, 6.45) is 6.48. The zero-order valence-electron chi connectivity index (χ0n) is 23.4. The van der Waals surface area contributed by atoms with Crippen molar-refractivity contribution < 1.29 is 24.3 Å². The van der Waals surface area contributed by atoms with E-state index in [0.29, 0.717) is 23.4 Å². The molecule has 0 spiro atoms. The Bertz CT molecular complexity index is 1340. The number of carbonyl (C=O) groups excluding carboxylic acids is 3. The first-order valence-electron chi connectivity index (χ1n) is 13.6. The number of benzene rings is 1. The molecule has 3 rings (SSSR count). The quantitative estimate of drug-likeness (QED) is 0.0474. The standard InChI is InChI=1S/C27H37N11O5/c28-19(10-17-12-31-14-34-17)23(39)36-20(7-4-8-33-27(29)30)24(40)37-21(11-18-13-32-15-35-18)25(41)38-22(26(42)43)9-16-5-2-1-3-6-16/h1-3,5-6,12-15,19-22H,4,7-11,28H2,(H,31,34)(H,32,35)(H,36,39)(H,37,40)(H,38,41)(H,42,43)(H4,29,30,33). The van der Waals surface area contributed by atoms with Crippen molar-refractivity contribution in [3.63, 3.8) is 0 Å². The Kier molecular flexibility index (Phi) is 12.2. The van der Waals surface area contributed by atoms with E-state index in [0.717, 1.165) is 0 Å². The van der Waals surface area contributed by atoms with Gasteiger partial charge in [-0.05, 0) is 18.4 Å². The third kappa shape index (κ3) is 10.9. The summed E-state index contributed by atoms with van der Waals surface area (Å²) >= 11 is 0. The highest BCUT2D eigenvalue weighted by atomic mass is 16.4. The average molecular weight is 596 g/mol. The Labute approximate surface area is 247 Å². The van der Waals surface area contributed by atoms with E-state index in [1.807, 2.05) is 0 Å². The minimum Gasteiger partial charge on any atom is -0.480 e. The number of carboxylic acid groups (broad SMARTS) is 1. The predicted octanol–water partition coefficient (Wildman–Crippen LogP) is -1.92. The number of aliphatic carboxylic acids is 1. The number of nitrogens with zero attached hydrogens (tertiary/aromatic N) is 3. The first-order valence-corrected chi connectivity index (χ1v) is 13.6. The molecule has 4 atom stereocenters. The number of aliphatic imine (C=N–C) groups is 1. The average Bonchev–Trinajstić information content (AvgIpc) is 3.68. The Balaban J connectivity index is 1.75. The van der Waals surface area contributed by atoms with Crippen LogP contribution in [0.3, 0.4) is 0 Å². The SMILES string of the molecule is NC(N)=NCCCC(NC(=O)C(N)Cc1cnc[nH]1)C(=O)NC(Cc1cnc[nH]1)C(=O)NC(Cc1ccccc1)C(=O)O. The summed E-state index contributed by atoms with van der Waals surface area (Å²) in [4.78, 5) is 69.3. The number of rotatable bonds is 17. The molecule has 0 saturated carbocycles. The fourth-order valence-corrected chi connectivity index (χ4v) is 4.20. The van der Waals surface area contributed by atoms with Crippen molar-refractivity contribution in [3.05, 3.63) is 72.3 Å². The molecule has 1 aromatic carbocycles. The van der Waals surface area contributed by atoms with Gasteiger partial charge < -0.3 is 48.2 Å². The van der Waals surface area contributed by atoms with Gasteiger partial charge in [0.05, 0.1) is 18.7 Å². The number of aromatic amines is 2. The van der Waals surface area contributed by atoms with E-state index >= 15 is 0 Å². The highest BCUT2D eigenvalue weighted by molar-refractivity contribution is 5.94. The topological polar surface area (TPSA) is 272 Å². The molecule has 16 nitrogen and oxygen atoms in total. The van der Waals surface area contributed by atoms with Gasteiger partial charge in [-0.15, -0.1) is 0 Å². The number of amides is 3. The van der Waals surface area contributed by atoms with Crippen molar-refractivity contribution >= 4 is 29.7 Å². The van der Waals surface area contributed by atoms with Crippen molar-refractivity contribution in [1.82, 2.24) is 35.9 Å². The van der Waals surface area contributed by atoms with Crippen LogP contribution in [0.1, 0.15) is 29.8 Å². The summed E-state index contributed by atoms with van der Waals surface area (Å²) in [7, 11) is 0. The van der Waals surface area contributed by atoms with Gasteiger partial charge in [0.15, 0.2) is 5.96 Å². The third-order valence-corrected chi connectivity index (χ3v) is 6.42. The molecule has 43 heavy (non-hydrogen) atoms. The number of carboxylic acids is 1. The molecule has 0 radical (unpaired) electrons. The van der Waals surface area contributed by atoms with Crippen LogP contribution in [0.2, 0.25) is 0 Å². The molecule has 16 heteroatoms. The zero-order chi connectivity index (χ0) is 31.2. The van der Waals surface area contributed by atoms with E-state index in [1.165, 1.54) is 25.0 Å². The van der Waals surface area contributed by atoms with Crippen molar-refractivity contribution in [1.29, 1.82) is 0 Å². The molecule has 12 N–H and O–H groups in total. The zero-order valence-corrected chi connectivity index (χ0v) is 23.4. The van der Waals surface area contributed by atoms with Crippen LogP contribution < -0.4 is 33.2 Å². The van der Waals surface area contributed by atoms with Gasteiger partial charge in [0, 0.05) is 49.6 Å². The predicted molar refractivity (Wildman–Crippen MR) is 156 cm³/mol. The number of nitrogens with one attached hydrogen (secondary N) is 5. The smallest absolute Gasteiger partial charge is 0.326 e. The molecule has 0 aliphatic carbocycles. The molecule has 3 amide bonds. The molecule has 4 unspecified atom stereocenters. The van der Waals surface area contributed by atoms with Crippen LogP contribution in [-0.2, 0) is 38.4 Å². The van der Waals surface area contributed by atoms with Gasteiger partial charge >= 0.3 is 5.97 Å². The Morgan fingerprint density at radius 3 is 1.98 bits per heavy atom. The van der Waals surface area contributed by atoms with E-state index in [9.17, 15) is 24.3 Å². The highest BCUT2D eigenvalue weighted by Crippen LogP contribution is 2.07. The van der Waals surface area contributed by atoms with Gasteiger partial charge in [0.1, 0.15) is 18.1 Å². The number of carbonyl (C=O) groups is 4. The number of H-pyrrole nitrogens is 2. The molecule has 2 aromatic heterocycles. The number of nitrogens with two attached hydrogens (primary N) is 3. The monoisotopic (exact) mass is 595 g/mol. The maximum Gasteiger partial charge on any atom is 0.326 e. The summed E-state index contributed by atoms with van der Waals surface area (Å²) < 4.78 is 0. The van der Waals surface area contributed by atoms with Gasteiger partial charge in [-0.2, -0.15) is 0 Å². The lowest BCUT2D eigenvalue weighted by atomic mass is 10.0. The first kappa shape index (κ1) is 32.3. The molecule has 230 valence electrons. The number of imidazole rings is 2. The van der Waals surface area contributed by atoms with Crippen molar-refractivity contribution in [2.24, 2.45) is 22.2 Å². The van der Waals surface area contributed by atoms with Crippen LogP contribution >= 0.6 is 0 Å². The first-order chi connectivity index (χ1) is 20.6. The van der Waals surface area contributed by atoms with E-state index in [2.05, 4.69) is 40.9 Å². The van der Waals surface area contributed by atoms with Crippen LogP contribution in [0.25, 0.3) is 0 Å². The fourth-order valence-electron chi connectivity index (χ4n) is 4.20. The van der Waals surface area contributed by atoms with Gasteiger partial charge in [0.25, 0.3) is 0 Å². The molecule has 0 fully saturated rings. The van der Waals surface area contributed by atoms with E-state index in [1.54, 1.807) is 30.3 Å². The minimum absolute atomic E-state index is 0.0245. The summed E-state index contributed by atoms with van der Waals surface area (Å²) in [6, 6.07) is 4.26. The fraction of sp³-hybridized carbons (Fsp3) is 0.370. The van der Waals surface area contributed by atoms with Crippen LogP contribution in [0, 0.1) is 0 Å². The summed E-state index contributed by atoms with van der Waals surface area (Å²) in [5.41, 5.74) is 18.7. The Hall–Kier alpha value is -5.25. The maximum absolute atomic E-state index is 13.5. The molecule has 0 bridgehead atoms. The van der Waals surface area contributed by atoms with Crippen LogP contribution in [-0.4, -0.2) is 85.4 Å². The van der Waals surface area contributed by atoms with Crippen molar-refractivity contribution in [2.45, 2.75) is 56.3 Å². The minimum atomic E-state index is -1.26. The van der Waals surface area contributed by atoms with Crippen LogP contribution in [0.15, 0.2) is 60.4 Å². The Morgan fingerprint density at radius 1 is 0.814 bits per heavy atom. The number of hydrogen-bond donors (Lipinski definition) is 9. The summed E-state index contributed by atoms with van der Waals surface area (Å²) in [5.74, 6) is -3.36. The van der Waals surface area contributed by atoms with Crippen molar-refractivity contribution in [3.8, 4) is 0 Å². The lowest BCUT2D eigenvalue weighted by molar-refractivity contribution is -0.142. The maximum atomic E-state index is 13.5. The van der Waals surface area contributed by atoms with Crippen LogP contribution in [0.4, 0.5) is 0 Å². The Morgan fingerprint density at radius 2 is 1.40 bits per heavy atom. The second kappa shape index (κ2) is 16.3. The molecule has 0 aliphatic rings. The molecule has 0 saturated heterocycles. The second-order valence-electron chi connectivity index (χ2n) is 9.83. The van der Waals surface area contributed by atoms with E-state index in [-0.39, 0.29) is 38.2 Å². The van der Waals surface area contributed by atoms with Crippen molar-refractivity contribution in [2.75, 3.05) is 6.54 Å². The summed E-state index contributed by atoms with van der Waals surface area (Å²) in [6.45, 7) is 0.194. The van der Waals surface area contributed by atoms with E-state index < -0.39 is 47.9 Å². The molecular formula is C27H37N11O5. The third-order valence-electron chi connectivity index (χ3n) is 6.42. The van der Waals surface area contributed by atoms with Gasteiger partial charge in [-0.1, -0.05) is 30.3 Å². The second-order valence-corrected chi connectivity index (χ2v) is 9.83. The lowest BCUT2D eigenvalue weighted by Crippen LogP contribution is -2.58. The van der Waals surface area contributed by atoms with Gasteiger partial charge in [0.2, 0.25) is 17.7 Å². The highest BCUT2D eigenvalue weighted by Gasteiger charge is 2.31. The molecular weight excluding hydrogens is 558 g/mol. The van der Waals surface area contributed by atoms with Crippen LogP contribution in [0.5, 0.6) is 0 Å². The number of guanidine groups is 1.